The van der Waals surface area contributed by atoms with Crippen LogP contribution in [-0.4, -0.2) is 30.6 Å². The van der Waals surface area contributed by atoms with E-state index in [-0.39, 0.29) is 9.10 Å². The Labute approximate surface area is 191 Å². The number of carboxylic acid groups (broad SMARTS) is 1. The third kappa shape index (κ3) is 4.98. The van der Waals surface area contributed by atoms with Crippen molar-refractivity contribution in [1.29, 1.82) is 5.26 Å². The lowest BCUT2D eigenvalue weighted by Gasteiger charge is -2.30. The predicted octanol–water partition coefficient (Wildman–Crippen LogP) is 4.74. The van der Waals surface area contributed by atoms with Gasteiger partial charge in [-0.05, 0) is 29.7 Å². The number of carbonyl (C=O) groups is 1. The minimum absolute atomic E-state index is 0.0557. The highest BCUT2D eigenvalue weighted by atomic mass is 32.2. The van der Waals surface area contributed by atoms with Crippen LogP contribution >= 0.6 is 11.3 Å². The lowest BCUT2D eigenvalue weighted by molar-refractivity contribution is 0.174. The lowest BCUT2D eigenvalue weighted by atomic mass is 9.84. The van der Waals surface area contributed by atoms with Crippen LogP contribution in [0, 0.1) is 16.7 Å². The molecule has 2 aromatic heterocycles. The third-order valence-electron chi connectivity index (χ3n) is 5.02. The largest absolute Gasteiger partial charge is 0.465 e. The van der Waals surface area contributed by atoms with Gasteiger partial charge in [0.15, 0.2) is 0 Å². The molecule has 2 N–H and O–H groups in total. The molecule has 0 saturated carbocycles. The number of aromatic nitrogens is 1. The van der Waals surface area contributed by atoms with Crippen LogP contribution in [-0.2, 0) is 16.3 Å². The Bertz CT molecular complexity index is 1270. The summed E-state index contributed by atoms with van der Waals surface area (Å²) >= 11 is 1.09. The van der Waals surface area contributed by atoms with Crippen LogP contribution in [0.1, 0.15) is 31.2 Å². The van der Waals surface area contributed by atoms with Gasteiger partial charge in [0, 0.05) is 40.9 Å². The second-order valence-corrected chi connectivity index (χ2v) is 11.6. The Morgan fingerprint density at radius 1 is 1.22 bits per heavy atom. The van der Waals surface area contributed by atoms with Gasteiger partial charge in [-0.3, -0.25) is 4.98 Å². The van der Waals surface area contributed by atoms with Crippen LogP contribution in [0.4, 0.5) is 4.79 Å². The van der Waals surface area contributed by atoms with Crippen molar-refractivity contribution in [2.24, 2.45) is 5.41 Å². The zero-order chi connectivity index (χ0) is 23.5. The van der Waals surface area contributed by atoms with E-state index in [4.69, 9.17) is 0 Å². The number of benzene rings is 1. The Hall–Kier alpha value is -3.22. The fourth-order valence-electron chi connectivity index (χ4n) is 3.26. The molecular formula is C23H23N3O4S2. The molecule has 0 fully saturated rings. The zero-order valence-electron chi connectivity index (χ0n) is 17.9. The summed E-state index contributed by atoms with van der Waals surface area (Å²) < 4.78 is 27.1. The number of pyridine rings is 1. The minimum Gasteiger partial charge on any atom is -0.465 e. The molecule has 7 nitrogen and oxygen atoms in total. The molecule has 2 heterocycles. The molecule has 0 radical (unpaired) electrons. The van der Waals surface area contributed by atoms with Gasteiger partial charge in [0.1, 0.15) is 4.21 Å². The normalized spacial score (nSPS) is 12.7. The van der Waals surface area contributed by atoms with Gasteiger partial charge in [0.2, 0.25) is 9.84 Å². The standard InChI is InChI=1S/C23H23N3O4S2/c1-23(2,3)20(26-22(27)28)12-16-11-19(18-9-5-4-7-15(18)13-24)21(31-16)32(29,30)17-8-6-10-25-14-17/h4-11,14,20,26H,12H2,1-3H3,(H,27,28). The first-order valence-corrected chi connectivity index (χ1v) is 12.1. The Morgan fingerprint density at radius 2 is 1.94 bits per heavy atom. The fraction of sp³-hybridized carbons (Fsp3) is 0.261. The average molecular weight is 470 g/mol. The first kappa shape index (κ1) is 23.4. The van der Waals surface area contributed by atoms with Crippen molar-refractivity contribution >= 4 is 27.3 Å². The molecule has 1 aromatic carbocycles. The van der Waals surface area contributed by atoms with Crippen LogP contribution < -0.4 is 5.32 Å². The molecule has 0 aliphatic rings. The van der Waals surface area contributed by atoms with Gasteiger partial charge < -0.3 is 10.4 Å². The number of nitrogens with zero attached hydrogens (tertiary/aromatic N) is 2. The second kappa shape index (κ2) is 9.10. The summed E-state index contributed by atoms with van der Waals surface area (Å²) in [6.07, 6.45) is 1.96. The third-order valence-corrected chi connectivity index (χ3v) is 8.45. The van der Waals surface area contributed by atoms with Gasteiger partial charge in [-0.1, -0.05) is 39.0 Å². The Balaban J connectivity index is 2.19. The van der Waals surface area contributed by atoms with Gasteiger partial charge in [0.05, 0.1) is 16.5 Å². The van der Waals surface area contributed by atoms with Crippen molar-refractivity contribution in [2.75, 3.05) is 0 Å². The van der Waals surface area contributed by atoms with Crippen molar-refractivity contribution in [3.8, 4) is 17.2 Å². The second-order valence-electron chi connectivity index (χ2n) is 8.34. The molecule has 3 aromatic rings. The molecule has 166 valence electrons. The molecule has 0 aliphatic carbocycles. The smallest absolute Gasteiger partial charge is 0.404 e. The van der Waals surface area contributed by atoms with Gasteiger partial charge >= 0.3 is 6.09 Å². The predicted molar refractivity (Wildman–Crippen MR) is 122 cm³/mol. The molecule has 9 heteroatoms. The zero-order valence-corrected chi connectivity index (χ0v) is 19.5. The van der Waals surface area contributed by atoms with E-state index in [1.807, 2.05) is 20.8 Å². The van der Waals surface area contributed by atoms with Crippen LogP contribution in [0.15, 0.2) is 64.0 Å². The highest BCUT2D eigenvalue weighted by molar-refractivity contribution is 7.93. The highest BCUT2D eigenvalue weighted by Crippen LogP contribution is 2.40. The number of hydrogen-bond acceptors (Lipinski definition) is 6. The maximum atomic E-state index is 13.5. The lowest BCUT2D eigenvalue weighted by Crippen LogP contribution is -2.44. The summed E-state index contributed by atoms with van der Waals surface area (Å²) in [5, 5.41) is 21.4. The average Bonchev–Trinajstić information content (AvgIpc) is 3.17. The number of rotatable bonds is 6. The van der Waals surface area contributed by atoms with Crippen molar-refractivity contribution in [2.45, 2.75) is 42.3 Å². The summed E-state index contributed by atoms with van der Waals surface area (Å²) in [5.41, 5.74) is 0.901. The van der Waals surface area contributed by atoms with E-state index in [1.165, 1.54) is 18.5 Å². The maximum Gasteiger partial charge on any atom is 0.404 e. The molecular weight excluding hydrogens is 446 g/mol. The maximum absolute atomic E-state index is 13.5. The van der Waals surface area contributed by atoms with Crippen molar-refractivity contribution in [3.63, 3.8) is 0 Å². The van der Waals surface area contributed by atoms with E-state index in [2.05, 4.69) is 16.4 Å². The summed E-state index contributed by atoms with van der Waals surface area (Å²) in [4.78, 5) is 16.0. The molecule has 0 saturated heterocycles. The van der Waals surface area contributed by atoms with Crippen molar-refractivity contribution < 1.29 is 18.3 Å². The van der Waals surface area contributed by atoms with E-state index in [0.29, 0.717) is 28.0 Å². The fourth-order valence-corrected chi connectivity index (χ4v) is 6.39. The van der Waals surface area contributed by atoms with Crippen LogP contribution in [0.5, 0.6) is 0 Å². The van der Waals surface area contributed by atoms with Crippen molar-refractivity contribution in [3.05, 3.63) is 65.3 Å². The number of nitrogens with one attached hydrogen (secondary N) is 1. The monoisotopic (exact) mass is 469 g/mol. The van der Waals surface area contributed by atoms with Gasteiger partial charge in [-0.25, -0.2) is 13.2 Å². The SMILES string of the molecule is CC(C)(C)C(Cc1cc(-c2ccccc2C#N)c(S(=O)(=O)c2cccnc2)s1)NC(=O)O. The molecule has 0 bridgehead atoms. The topological polar surface area (TPSA) is 120 Å². The van der Waals surface area contributed by atoms with E-state index < -0.39 is 27.4 Å². The number of amides is 1. The number of sulfone groups is 1. The molecule has 32 heavy (non-hydrogen) atoms. The van der Waals surface area contributed by atoms with E-state index in [0.717, 1.165) is 11.3 Å². The van der Waals surface area contributed by atoms with Crippen LogP contribution in [0.2, 0.25) is 0 Å². The summed E-state index contributed by atoms with van der Waals surface area (Å²) in [6, 6.07) is 13.3. The van der Waals surface area contributed by atoms with Crippen molar-refractivity contribution in [1.82, 2.24) is 10.3 Å². The quantitative estimate of drug-likeness (QED) is 0.538. The Morgan fingerprint density at radius 3 is 2.53 bits per heavy atom. The van der Waals surface area contributed by atoms with E-state index in [9.17, 15) is 23.6 Å². The number of hydrogen-bond donors (Lipinski definition) is 2. The molecule has 1 unspecified atom stereocenters. The summed E-state index contributed by atoms with van der Waals surface area (Å²) in [5.74, 6) is 0. The van der Waals surface area contributed by atoms with Gasteiger partial charge in [-0.2, -0.15) is 5.26 Å². The van der Waals surface area contributed by atoms with E-state index >= 15 is 0 Å². The minimum atomic E-state index is -3.91. The Kier molecular flexibility index (Phi) is 6.67. The van der Waals surface area contributed by atoms with Crippen LogP contribution in [0.25, 0.3) is 11.1 Å². The van der Waals surface area contributed by atoms with Gasteiger partial charge in [-0.15, -0.1) is 11.3 Å². The summed E-state index contributed by atoms with van der Waals surface area (Å²) in [6.45, 7) is 5.75. The number of nitriles is 1. The van der Waals surface area contributed by atoms with Gasteiger partial charge in [0.25, 0.3) is 0 Å². The number of thiophene rings is 1. The first-order valence-electron chi connectivity index (χ1n) is 9.81. The molecule has 1 amide bonds. The molecule has 0 spiro atoms. The summed E-state index contributed by atoms with van der Waals surface area (Å²) in [7, 11) is -3.91. The highest BCUT2D eigenvalue weighted by Gasteiger charge is 2.31. The molecule has 0 aliphatic heterocycles. The van der Waals surface area contributed by atoms with E-state index in [1.54, 1.807) is 36.4 Å². The van der Waals surface area contributed by atoms with Crippen LogP contribution in [0.3, 0.4) is 0 Å². The molecule has 1 atom stereocenters. The molecule has 3 rings (SSSR count). The first-order chi connectivity index (χ1) is 15.0.